The Balaban J connectivity index is 1.89. The molecule has 27 heavy (non-hydrogen) atoms. The Morgan fingerprint density at radius 3 is 2.22 bits per heavy atom. The van der Waals surface area contributed by atoms with E-state index in [1.54, 1.807) is 6.92 Å². The first-order valence-corrected chi connectivity index (χ1v) is 10.5. The first kappa shape index (κ1) is 19.9. The van der Waals surface area contributed by atoms with E-state index in [-0.39, 0.29) is 24.3 Å². The molecule has 2 atom stereocenters. The third-order valence-corrected chi connectivity index (χ3v) is 7.15. The smallest absolute Gasteiger partial charge is 0.341 e. The van der Waals surface area contributed by atoms with Crippen molar-refractivity contribution in [1.82, 2.24) is 0 Å². The van der Waals surface area contributed by atoms with Crippen LogP contribution in [0, 0.1) is 30.6 Å². The number of carbonyl (C=O) groups is 3. The molecule has 3 saturated carbocycles. The van der Waals surface area contributed by atoms with Gasteiger partial charge in [-0.05, 0) is 63.4 Å². The summed E-state index contributed by atoms with van der Waals surface area (Å²) < 4.78 is 5.18. The maximum Gasteiger partial charge on any atom is 0.341 e. The quantitative estimate of drug-likeness (QED) is 0.716. The SMILES string of the molecule is CCOC(=O)c1c(NC(=O)[C@H]2C3CCC(CC3)[C@H]2C(=O)O)sc(C)c1CC. The minimum absolute atomic E-state index is 0.0732. The second-order valence-electron chi connectivity index (χ2n) is 7.47. The van der Waals surface area contributed by atoms with Gasteiger partial charge >= 0.3 is 11.9 Å². The van der Waals surface area contributed by atoms with Gasteiger partial charge in [-0.3, -0.25) is 9.59 Å². The Morgan fingerprint density at radius 2 is 1.70 bits per heavy atom. The predicted molar refractivity (Wildman–Crippen MR) is 103 cm³/mol. The molecule has 0 aromatic carbocycles. The summed E-state index contributed by atoms with van der Waals surface area (Å²) in [6, 6.07) is 0. The largest absolute Gasteiger partial charge is 0.481 e. The Morgan fingerprint density at radius 1 is 1.11 bits per heavy atom. The molecule has 7 heteroatoms. The lowest BCUT2D eigenvalue weighted by Gasteiger charge is -2.45. The number of aryl methyl sites for hydroxylation is 1. The summed E-state index contributed by atoms with van der Waals surface area (Å²) in [6.45, 7) is 5.89. The van der Waals surface area contributed by atoms with E-state index in [1.807, 2.05) is 13.8 Å². The molecule has 2 bridgehead atoms. The first-order valence-electron chi connectivity index (χ1n) is 9.72. The van der Waals surface area contributed by atoms with Crippen molar-refractivity contribution in [2.24, 2.45) is 23.7 Å². The monoisotopic (exact) mass is 393 g/mol. The normalized spacial score (nSPS) is 26.6. The van der Waals surface area contributed by atoms with Crippen LogP contribution in [-0.2, 0) is 20.7 Å². The van der Waals surface area contributed by atoms with Crippen molar-refractivity contribution in [2.45, 2.75) is 52.9 Å². The molecule has 0 aliphatic heterocycles. The molecule has 4 rings (SSSR count). The first-order chi connectivity index (χ1) is 12.9. The minimum Gasteiger partial charge on any atom is -0.481 e. The number of thiophene rings is 1. The van der Waals surface area contributed by atoms with Crippen LogP contribution in [0.5, 0.6) is 0 Å². The molecule has 0 saturated heterocycles. The zero-order valence-electron chi connectivity index (χ0n) is 16.0. The fraction of sp³-hybridized carbons (Fsp3) is 0.650. The molecule has 2 N–H and O–H groups in total. The molecular formula is C20H27NO5S. The highest BCUT2D eigenvalue weighted by Crippen LogP contribution is 2.49. The molecule has 1 heterocycles. The average molecular weight is 394 g/mol. The highest BCUT2D eigenvalue weighted by Gasteiger charge is 2.50. The Hall–Kier alpha value is -1.89. The van der Waals surface area contributed by atoms with Crippen LogP contribution < -0.4 is 5.32 Å². The van der Waals surface area contributed by atoms with Crippen molar-refractivity contribution in [2.75, 3.05) is 11.9 Å². The zero-order valence-corrected chi connectivity index (χ0v) is 16.9. The summed E-state index contributed by atoms with van der Waals surface area (Å²) >= 11 is 1.36. The van der Waals surface area contributed by atoms with E-state index >= 15 is 0 Å². The van der Waals surface area contributed by atoms with Gasteiger partial charge in [0, 0.05) is 4.88 Å². The molecule has 0 radical (unpaired) electrons. The van der Waals surface area contributed by atoms with Crippen molar-refractivity contribution >= 4 is 34.2 Å². The van der Waals surface area contributed by atoms with Crippen LogP contribution in [0.25, 0.3) is 0 Å². The minimum atomic E-state index is -0.883. The number of fused-ring (bicyclic) bond motifs is 3. The van der Waals surface area contributed by atoms with Gasteiger partial charge in [-0.25, -0.2) is 4.79 Å². The molecule has 1 aromatic heterocycles. The van der Waals surface area contributed by atoms with Crippen molar-refractivity contribution in [3.05, 3.63) is 16.0 Å². The van der Waals surface area contributed by atoms with Gasteiger partial charge in [0.1, 0.15) is 5.00 Å². The molecule has 3 fully saturated rings. The van der Waals surface area contributed by atoms with Crippen molar-refractivity contribution in [3.8, 4) is 0 Å². The Labute approximate surface area is 163 Å². The molecule has 6 nitrogen and oxygen atoms in total. The summed E-state index contributed by atoms with van der Waals surface area (Å²) in [5, 5.41) is 13.1. The third kappa shape index (κ3) is 3.61. The molecule has 3 aliphatic carbocycles. The number of amides is 1. The number of hydrogen-bond acceptors (Lipinski definition) is 5. The van der Waals surface area contributed by atoms with Gasteiger partial charge in [-0.2, -0.15) is 0 Å². The van der Waals surface area contributed by atoms with E-state index in [9.17, 15) is 19.5 Å². The van der Waals surface area contributed by atoms with Crippen LogP contribution in [0.2, 0.25) is 0 Å². The number of carboxylic acids is 1. The Bertz CT molecular complexity index is 748. The van der Waals surface area contributed by atoms with Crippen molar-refractivity contribution < 1.29 is 24.2 Å². The lowest BCUT2D eigenvalue weighted by Crippen LogP contribution is -2.49. The van der Waals surface area contributed by atoms with E-state index in [2.05, 4.69) is 5.32 Å². The number of anilines is 1. The second kappa shape index (κ2) is 8.00. The van der Waals surface area contributed by atoms with Gasteiger partial charge in [-0.1, -0.05) is 6.92 Å². The number of nitrogens with one attached hydrogen (secondary N) is 1. The number of hydrogen-bond donors (Lipinski definition) is 2. The highest BCUT2D eigenvalue weighted by atomic mass is 32.1. The van der Waals surface area contributed by atoms with E-state index in [1.165, 1.54) is 11.3 Å². The van der Waals surface area contributed by atoms with E-state index in [4.69, 9.17) is 4.74 Å². The number of ether oxygens (including phenoxy) is 1. The van der Waals surface area contributed by atoms with Crippen LogP contribution in [0.15, 0.2) is 0 Å². The lowest BCUT2D eigenvalue weighted by atomic mass is 9.58. The van der Waals surface area contributed by atoms with Crippen LogP contribution >= 0.6 is 11.3 Å². The van der Waals surface area contributed by atoms with E-state index in [0.29, 0.717) is 17.0 Å². The topological polar surface area (TPSA) is 92.7 Å². The van der Waals surface area contributed by atoms with Crippen LogP contribution in [0.3, 0.4) is 0 Å². The molecule has 0 unspecified atom stereocenters. The summed E-state index contributed by atoms with van der Waals surface area (Å²) in [7, 11) is 0. The van der Waals surface area contributed by atoms with Gasteiger partial charge < -0.3 is 15.2 Å². The van der Waals surface area contributed by atoms with Gasteiger partial charge in [-0.15, -0.1) is 11.3 Å². The van der Waals surface area contributed by atoms with E-state index in [0.717, 1.165) is 36.1 Å². The molecule has 1 amide bonds. The number of carboxylic acid groups (broad SMARTS) is 1. The van der Waals surface area contributed by atoms with Gasteiger partial charge in [0.2, 0.25) is 5.91 Å². The van der Waals surface area contributed by atoms with Crippen molar-refractivity contribution in [1.29, 1.82) is 0 Å². The maximum absolute atomic E-state index is 13.1. The fourth-order valence-electron chi connectivity index (χ4n) is 4.89. The average Bonchev–Trinajstić information content (AvgIpc) is 2.96. The number of aliphatic carboxylic acids is 1. The van der Waals surface area contributed by atoms with Gasteiger partial charge in [0.05, 0.1) is 24.0 Å². The summed E-state index contributed by atoms with van der Waals surface area (Å²) in [6.07, 6.45) is 4.25. The molecule has 0 spiro atoms. The van der Waals surface area contributed by atoms with Gasteiger partial charge in [0.15, 0.2) is 0 Å². The fourth-order valence-corrected chi connectivity index (χ4v) is 6.02. The molecule has 148 valence electrons. The van der Waals surface area contributed by atoms with Gasteiger partial charge in [0.25, 0.3) is 0 Å². The lowest BCUT2D eigenvalue weighted by molar-refractivity contribution is -0.156. The maximum atomic E-state index is 13.1. The predicted octanol–water partition coefficient (Wildman–Crippen LogP) is 3.87. The third-order valence-electron chi connectivity index (χ3n) is 6.09. The number of rotatable bonds is 6. The molecule has 1 aromatic rings. The zero-order chi connectivity index (χ0) is 19.7. The number of esters is 1. The van der Waals surface area contributed by atoms with E-state index < -0.39 is 23.8 Å². The van der Waals surface area contributed by atoms with Crippen LogP contribution in [-0.4, -0.2) is 29.6 Å². The molecule has 3 aliphatic rings. The Kier molecular flexibility index (Phi) is 5.89. The highest BCUT2D eigenvalue weighted by molar-refractivity contribution is 7.16. The van der Waals surface area contributed by atoms with Crippen LogP contribution in [0.4, 0.5) is 5.00 Å². The summed E-state index contributed by atoms with van der Waals surface area (Å²) in [4.78, 5) is 38.3. The summed E-state index contributed by atoms with van der Waals surface area (Å²) in [5.74, 6) is -2.57. The summed E-state index contributed by atoms with van der Waals surface area (Å²) in [5.41, 5.74) is 1.30. The standard InChI is InChI=1S/C20H27NO5S/c1-4-13-10(3)27-18(16(13)20(25)26-5-2)21-17(22)14-11-6-8-12(9-7-11)15(14)19(23)24/h11-12,14-15H,4-9H2,1-3H3,(H,21,22)(H,23,24)/t11?,12?,14-,15+/m0/s1. The number of carbonyl (C=O) groups excluding carboxylic acids is 2. The van der Waals surface area contributed by atoms with Crippen LogP contribution in [0.1, 0.15) is 60.3 Å². The molecular weight excluding hydrogens is 366 g/mol. The van der Waals surface area contributed by atoms with Crippen molar-refractivity contribution in [3.63, 3.8) is 0 Å². The second-order valence-corrected chi connectivity index (χ2v) is 8.69.